The summed E-state index contributed by atoms with van der Waals surface area (Å²) in [6.07, 6.45) is 2.20. The van der Waals surface area contributed by atoms with E-state index in [4.69, 9.17) is 4.84 Å². The maximum atomic E-state index is 11.2. The SMILES string of the molecule is CCC=C(C(C)=O)C(=O)ON(C)C. The number of nitrogens with zero attached hydrogens (tertiary/aromatic N) is 1. The van der Waals surface area contributed by atoms with Crippen LogP contribution in [0.25, 0.3) is 0 Å². The Balaban J connectivity index is 4.48. The summed E-state index contributed by atoms with van der Waals surface area (Å²) in [4.78, 5) is 26.9. The van der Waals surface area contributed by atoms with Crippen molar-refractivity contribution in [1.82, 2.24) is 5.06 Å². The lowest BCUT2D eigenvalue weighted by atomic mass is 10.1. The van der Waals surface area contributed by atoms with Gasteiger partial charge in [0.25, 0.3) is 0 Å². The number of allylic oxidation sites excluding steroid dienone is 1. The second kappa shape index (κ2) is 5.48. The quantitative estimate of drug-likeness (QED) is 0.283. The number of ketones is 1. The van der Waals surface area contributed by atoms with Gasteiger partial charge in [-0.05, 0) is 13.3 Å². The van der Waals surface area contributed by atoms with Crippen molar-refractivity contribution in [2.45, 2.75) is 20.3 Å². The molecule has 0 amide bonds. The highest BCUT2D eigenvalue weighted by Gasteiger charge is 2.16. The number of carbonyl (C=O) groups excluding carboxylic acids is 2. The summed E-state index contributed by atoms with van der Waals surface area (Å²) in [5.41, 5.74) is 0.108. The Morgan fingerprint density at radius 1 is 1.38 bits per heavy atom. The van der Waals surface area contributed by atoms with Crippen molar-refractivity contribution in [3.63, 3.8) is 0 Å². The van der Waals surface area contributed by atoms with Crippen LogP contribution in [0.2, 0.25) is 0 Å². The molecule has 74 valence electrons. The van der Waals surface area contributed by atoms with Gasteiger partial charge >= 0.3 is 5.97 Å². The van der Waals surface area contributed by atoms with Crippen molar-refractivity contribution in [2.24, 2.45) is 0 Å². The third kappa shape index (κ3) is 4.42. The molecule has 0 spiro atoms. The molecule has 4 heteroatoms. The molecular formula is C9H15NO3. The summed E-state index contributed by atoms with van der Waals surface area (Å²) in [5.74, 6) is -0.868. The van der Waals surface area contributed by atoms with E-state index in [9.17, 15) is 9.59 Å². The van der Waals surface area contributed by atoms with E-state index in [0.717, 1.165) is 0 Å². The van der Waals surface area contributed by atoms with Gasteiger partial charge in [-0.3, -0.25) is 4.79 Å². The molecule has 0 aliphatic carbocycles. The Morgan fingerprint density at radius 2 is 1.92 bits per heavy atom. The first-order valence-corrected chi connectivity index (χ1v) is 4.09. The molecule has 0 fully saturated rings. The summed E-state index contributed by atoms with van der Waals surface area (Å²) >= 11 is 0. The van der Waals surface area contributed by atoms with E-state index < -0.39 is 5.97 Å². The zero-order chi connectivity index (χ0) is 10.4. The normalized spacial score (nSPS) is 11.6. The first-order chi connectivity index (χ1) is 5.99. The zero-order valence-corrected chi connectivity index (χ0v) is 8.46. The second-order valence-electron chi connectivity index (χ2n) is 2.77. The summed E-state index contributed by atoms with van der Waals surface area (Å²) in [6, 6.07) is 0. The lowest BCUT2D eigenvalue weighted by Gasteiger charge is -2.10. The third-order valence-electron chi connectivity index (χ3n) is 1.27. The molecule has 0 rings (SSSR count). The average Bonchev–Trinajstić information content (AvgIpc) is 1.97. The summed E-state index contributed by atoms with van der Waals surface area (Å²) in [7, 11) is 3.17. The fourth-order valence-electron chi connectivity index (χ4n) is 0.790. The van der Waals surface area contributed by atoms with Gasteiger partial charge in [0.2, 0.25) is 0 Å². The van der Waals surface area contributed by atoms with Crippen LogP contribution in [0.4, 0.5) is 0 Å². The van der Waals surface area contributed by atoms with Crippen LogP contribution in [0.1, 0.15) is 20.3 Å². The molecule has 0 bridgehead atoms. The van der Waals surface area contributed by atoms with Gasteiger partial charge in [-0.2, -0.15) is 0 Å². The van der Waals surface area contributed by atoms with Gasteiger partial charge in [-0.25, -0.2) is 4.79 Å². The molecule has 0 radical (unpaired) electrons. The highest BCUT2D eigenvalue weighted by molar-refractivity contribution is 6.16. The fourth-order valence-corrected chi connectivity index (χ4v) is 0.790. The predicted octanol–water partition coefficient (Wildman–Crippen LogP) is 0.932. The summed E-state index contributed by atoms with van der Waals surface area (Å²) < 4.78 is 0. The smallest absolute Gasteiger partial charge is 0.360 e. The van der Waals surface area contributed by atoms with Gasteiger partial charge in [0.1, 0.15) is 5.57 Å². The van der Waals surface area contributed by atoms with Crippen LogP contribution in [0.3, 0.4) is 0 Å². The first kappa shape index (κ1) is 11.8. The molecule has 0 aliphatic rings. The van der Waals surface area contributed by atoms with Crippen LogP contribution < -0.4 is 0 Å². The van der Waals surface area contributed by atoms with Gasteiger partial charge in [-0.1, -0.05) is 13.0 Å². The van der Waals surface area contributed by atoms with Gasteiger partial charge in [0.05, 0.1) is 0 Å². The Hall–Kier alpha value is -1.16. The number of carbonyl (C=O) groups is 2. The topological polar surface area (TPSA) is 46.6 Å². The Kier molecular flexibility index (Phi) is 4.99. The molecule has 0 aliphatic heterocycles. The van der Waals surface area contributed by atoms with E-state index in [0.29, 0.717) is 6.42 Å². The molecule has 0 atom stereocenters. The largest absolute Gasteiger partial charge is 0.364 e. The van der Waals surface area contributed by atoms with E-state index in [1.807, 2.05) is 6.92 Å². The van der Waals surface area contributed by atoms with E-state index >= 15 is 0 Å². The number of rotatable bonds is 4. The Labute approximate surface area is 78.1 Å². The maximum absolute atomic E-state index is 11.2. The van der Waals surface area contributed by atoms with Crippen LogP contribution in [0, 0.1) is 0 Å². The van der Waals surface area contributed by atoms with Crippen LogP contribution in [0.5, 0.6) is 0 Å². The molecular weight excluding hydrogens is 170 g/mol. The monoisotopic (exact) mass is 185 g/mol. The fraction of sp³-hybridized carbons (Fsp3) is 0.556. The predicted molar refractivity (Wildman–Crippen MR) is 48.8 cm³/mol. The molecule has 0 aromatic heterocycles. The standard InChI is InChI=1S/C9H15NO3/c1-5-6-8(7(2)11)9(12)13-10(3)4/h6H,5H2,1-4H3. The summed E-state index contributed by atoms with van der Waals surface area (Å²) in [6.45, 7) is 3.20. The number of hydrogen-bond donors (Lipinski definition) is 0. The van der Waals surface area contributed by atoms with Gasteiger partial charge < -0.3 is 4.84 Å². The minimum atomic E-state index is -0.598. The Morgan fingerprint density at radius 3 is 2.23 bits per heavy atom. The van der Waals surface area contributed by atoms with E-state index in [1.165, 1.54) is 12.0 Å². The van der Waals surface area contributed by atoms with Crippen molar-refractivity contribution in [3.8, 4) is 0 Å². The van der Waals surface area contributed by atoms with E-state index in [1.54, 1.807) is 20.2 Å². The maximum Gasteiger partial charge on any atom is 0.360 e. The number of Topliss-reactive ketones (excluding diaryl/α,β-unsaturated/α-hetero) is 1. The second-order valence-corrected chi connectivity index (χ2v) is 2.77. The van der Waals surface area contributed by atoms with Crippen molar-refractivity contribution in [3.05, 3.63) is 11.6 Å². The highest BCUT2D eigenvalue weighted by atomic mass is 16.7. The zero-order valence-electron chi connectivity index (χ0n) is 8.46. The van der Waals surface area contributed by atoms with Crippen molar-refractivity contribution >= 4 is 11.8 Å². The van der Waals surface area contributed by atoms with Crippen molar-refractivity contribution < 1.29 is 14.4 Å². The van der Waals surface area contributed by atoms with E-state index in [2.05, 4.69) is 0 Å². The van der Waals surface area contributed by atoms with Gasteiger partial charge in [0.15, 0.2) is 5.78 Å². The summed E-state index contributed by atoms with van der Waals surface area (Å²) in [5, 5.41) is 1.26. The molecule has 4 nitrogen and oxygen atoms in total. The number of hydroxylamine groups is 2. The minimum Gasteiger partial charge on any atom is -0.364 e. The average molecular weight is 185 g/mol. The first-order valence-electron chi connectivity index (χ1n) is 4.09. The lowest BCUT2D eigenvalue weighted by Crippen LogP contribution is -2.22. The van der Waals surface area contributed by atoms with Crippen LogP contribution in [-0.2, 0) is 14.4 Å². The Bertz CT molecular complexity index is 231. The van der Waals surface area contributed by atoms with Crippen molar-refractivity contribution in [1.29, 1.82) is 0 Å². The minimum absolute atomic E-state index is 0.108. The van der Waals surface area contributed by atoms with Gasteiger partial charge in [-0.15, -0.1) is 5.06 Å². The molecule has 0 heterocycles. The van der Waals surface area contributed by atoms with Crippen LogP contribution >= 0.6 is 0 Å². The van der Waals surface area contributed by atoms with Crippen LogP contribution in [0.15, 0.2) is 11.6 Å². The molecule has 0 unspecified atom stereocenters. The molecule has 0 aromatic carbocycles. The van der Waals surface area contributed by atoms with Crippen molar-refractivity contribution in [2.75, 3.05) is 14.1 Å². The van der Waals surface area contributed by atoms with E-state index in [-0.39, 0.29) is 11.4 Å². The number of hydrogen-bond acceptors (Lipinski definition) is 4. The molecule has 0 N–H and O–H groups in total. The highest BCUT2D eigenvalue weighted by Crippen LogP contribution is 2.02. The van der Waals surface area contributed by atoms with Crippen LogP contribution in [-0.4, -0.2) is 30.9 Å². The molecule has 0 aromatic rings. The van der Waals surface area contributed by atoms with Gasteiger partial charge in [0, 0.05) is 14.1 Å². The molecule has 0 saturated carbocycles. The lowest BCUT2D eigenvalue weighted by molar-refractivity contribution is -0.173. The molecule has 13 heavy (non-hydrogen) atoms. The third-order valence-corrected chi connectivity index (χ3v) is 1.27. The molecule has 0 saturated heterocycles.